The second kappa shape index (κ2) is 49.0. The van der Waals surface area contributed by atoms with E-state index in [2.05, 4.69) is 26.2 Å². The van der Waals surface area contributed by atoms with Gasteiger partial charge in [0.05, 0.1) is 152 Å². The van der Waals surface area contributed by atoms with E-state index in [9.17, 15) is 43.8 Å². The van der Waals surface area contributed by atoms with Gasteiger partial charge in [-0.2, -0.15) is 0 Å². The lowest BCUT2D eigenvalue weighted by molar-refractivity contribution is -0.140. The number of Topliss-reactive ketones (excluding diaryl/α,β-unsaturated/α-hetero) is 2. The third kappa shape index (κ3) is 46.1. The van der Waals surface area contributed by atoms with Gasteiger partial charge in [-0.15, -0.1) is 0 Å². The molecular formula is C63H111N5O21. The summed E-state index contributed by atoms with van der Waals surface area (Å²) in [5.74, 6) is -2.71. The molecule has 0 aliphatic heterocycles. The molecule has 514 valence electrons. The van der Waals surface area contributed by atoms with E-state index in [0.29, 0.717) is 144 Å². The summed E-state index contributed by atoms with van der Waals surface area (Å²) in [4.78, 5) is 87.4. The molecule has 6 N–H and O–H groups in total. The molecule has 0 fully saturated rings. The van der Waals surface area contributed by atoms with Gasteiger partial charge in [-0.3, -0.25) is 43.8 Å². The summed E-state index contributed by atoms with van der Waals surface area (Å²) in [5, 5.41) is 31.2. The molecule has 0 bridgehead atoms. The zero-order chi connectivity index (χ0) is 66.2. The number of benzene rings is 1. The van der Waals surface area contributed by atoms with Gasteiger partial charge in [0.2, 0.25) is 11.8 Å². The lowest BCUT2D eigenvalue weighted by Gasteiger charge is -2.41. The molecule has 0 aromatic heterocycles. The molecule has 26 heteroatoms. The second-order valence-electron chi connectivity index (χ2n) is 24.3. The fourth-order valence-electron chi connectivity index (χ4n) is 7.83. The molecule has 0 saturated heterocycles. The number of carbonyl (C=O) groups is 7. The molecule has 3 amide bonds. The third-order valence-corrected chi connectivity index (χ3v) is 13.6. The van der Waals surface area contributed by atoms with Crippen LogP contribution in [0, 0.1) is 10.8 Å². The van der Waals surface area contributed by atoms with Crippen molar-refractivity contribution >= 4 is 41.2 Å². The quantitative estimate of drug-likeness (QED) is 0.0504. The van der Waals surface area contributed by atoms with E-state index >= 15 is 0 Å². The number of hydrogen-bond donors (Lipinski definition) is 6. The molecule has 1 rings (SSSR count). The molecule has 0 saturated carbocycles. The number of nitrogens with zero attached hydrogens (tertiary/aromatic N) is 1. The van der Waals surface area contributed by atoms with Gasteiger partial charge in [0.25, 0.3) is 5.91 Å². The van der Waals surface area contributed by atoms with Crippen molar-refractivity contribution in [2.75, 3.05) is 185 Å². The number of ketones is 2. The highest BCUT2D eigenvalue weighted by molar-refractivity contribution is 5.94. The summed E-state index contributed by atoms with van der Waals surface area (Å²) in [5.41, 5.74) is -0.668. The van der Waals surface area contributed by atoms with E-state index in [-0.39, 0.29) is 126 Å². The zero-order valence-electron chi connectivity index (χ0n) is 55.2. The number of carboxylic acids is 2. The van der Waals surface area contributed by atoms with E-state index in [1.165, 1.54) is 0 Å². The van der Waals surface area contributed by atoms with Crippen LogP contribution in [0.4, 0.5) is 0 Å². The molecule has 0 aliphatic carbocycles. The van der Waals surface area contributed by atoms with Gasteiger partial charge in [0, 0.05) is 73.0 Å². The minimum Gasteiger partial charge on any atom is -0.481 e. The SMILES string of the molecule is CC(C)(CCC(C)(C)N(CCC(=O)O)Cc1ccc(C(=O)NCCOCCOCC(=O)NCCOCCOCC(=O)C(C)(C)C)cc1)N[C@@H](CCC(=O)NCCOCCOCCOCCOCCOCCOCCOCCOCCC(=O)C(C)(C)C)C(=O)O. The fraction of sp³-hybridized carbons (Fsp3) is 0.794. The Morgan fingerprint density at radius 1 is 0.438 bits per heavy atom. The number of carbonyl (C=O) groups excluding carboxylic acids is 5. The lowest BCUT2D eigenvalue weighted by Crippen LogP contribution is -2.52. The van der Waals surface area contributed by atoms with Crippen molar-refractivity contribution in [1.29, 1.82) is 0 Å². The van der Waals surface area contributed by atoms with Gasteiger partial charge >= 0.3 is 11.9 Å². The van der Waals surface area contributed by atoms with Gasteiger partial charge in [0.1, 0.15) is 25.0 Å². The monoisotopic (exact) mass is 1270 g/mol. The molecule has 1 aromatic carbocycles. The number of carboxylic acid groups (broad SMARTS) is 2. The zero-order valence-corrected chi connectivity index (χ0v) is 55.2. The molecule has 89 heavy (non-hydrogen) atoms. The maximum atomic E-state index is 12.9. The van der Waals surface area contributed by atoms with Crippen LogP contribution in [0.5, 0.6) is 0 Å². The average molecular weight is 1270 g/mol. The van der Waals surface area contributed by atoms with Gasteiger partial charge in [0.15, 0.2) is 5.78 Å². The largest absolute Gasteiger partial charge is 0.481 e. The Kier molecular flexibility index (Phi) is 45.4. The van der Waals surface area contributed by atoms with Crippen LogP contribution in [-0.4, -0.2) is 258 Å². The topological polar surface area (TPSA) is 322 Å². The second-order valence-corrected chi connectivity index (χ2v) is 24.3. The summed E-state index contributed by atoms with van der Waals surface area (Å²) >= 11 is 0. The van der Waals surface area contributed by atoms with Crippen LogP contribution in [-0.2, 0) is 92.2 Å². The van der Waals surface area contributed by atoms with Crippen LogP contribution >= 0.6 is 0 Å². The number of aliphatic carboxylic acids is 2. The highest BCUT2D eigenvalue weighted by atomic mass is 16.6. The van der Waals surface area contributed by atoms with Crippen molar-refractivity contribution < 1.29 is 101 Å². The molecule has 0 spiro atoms. The molecule has 1 atom stereocenters. The van der Waals surface area contributed by atoms with E-state index in [1.54, 1.807) is 12.1 Å². The number of ether oxygens (including phenoxy) is 12. The minimum atomic E-state index is -1.08. The van der Waals surface area contributed by atoms with E-state index in [1.807, 2.05) is 81.4 Å². The standard InChI is InChI=1S/C63H111N5O21/c1-60(2,3)53(69)18-25-78-29-31-82-33-35-84-37-39-86-41-42-87-40-38-85-36-34-83-32-30-79-26-21-64-55(71)16-15-52(59(76)77)67-62(7,8)19-20-63(9,10)68(24-17-57(73)74)47-50-11-13-51(14-12-50)58(75)66-23-28-81-44-46-89-49-56(72)65-22-27-80-43-45-88-48-54(70)61(4,5)6/h11-14,52,67H,15-49H2,1-10H3,(H,64,71)(H,65,72)(H,66,75)(H,73,74)(H,76,77)/t52-/m0/s1. The summed E-state index contributed by atoms with van der Waals surface area (Å²) in [6.45, 7) is 28.4. The van der Waals surface area contributed by atoms with Crippen LogP contribution in [0.2, 0.25) is 0 Å². The average Bonchev–Trinajstić information content (AvgIpc) is 3.02. The molecule has 1 aromatic rings. The Bertz CT molecular complexity index is 2090. The molecule has 0 heterocycles. The number of amides is 3. The molecule has 0 aliphatic rings. The van der Waals surface area contributed by atoms with Crippen LogP contribution in [0.3, 0.4) is 0 Å². The highest BCUT2D eigenvalue weighted by Crippen LogP contribution is 2.28. The van der Waals surface area contributed by atoms with E-state index in [4.69, 9.17) is 56.8 Å². The third-order valence-electron chi connectivity index (χ3n) is 13.6. The normalized spacial score (nSPS) is 12.5. The van der Waals surface area contributed by atoms with Gasteiger partial charge in [-0.25, -0.2) is 0 Å². The highest BCUT2D eigenvalue weighted by Gasteiger charge is 2.33. The Morgan fingerprint density at radius 3 is 1.26 bits per heavy atom. The Labute approximate surface area is 528 Å². The lowest BCUT2D eigenvalue weighted by atomic mass is 9.87. The number of rotatable bonds is 59. The molecule has 0 unspecified atom stereocenters. The smallest absolute Gasteiger partial charge is 0.320 e. The van der Waals surface area contributed by atoms with Crippen molar-refractivity contribution in [1.82, 2.24) is 26.2 Å². The Balaban J connectivity index is 2.23. The predicted octanol–water partition coefficient (Wildman–Crippen LogP) is 3.91. The Hall–Kier alpha value is -4.65. The summed E-state index contributed by atoms with van der Waals surface area (Å²) < 4.78 is 65.6. The summed E-state index contributed by atoms with van der Waals surface area (Å²) in [6, 6.07) is 6.07. The van der Waals surface area contributed by atoms with Crippen molar-refractivity contribution in [3.63, 3.8) is 0 Å². The Morgan fingerprint density at radius 2 is 0.831 bits per heavy atom. The first-order valence-electron chi connectivity index (χ1n) is 31.1. The number of nitrogens with one attached hydrogen (secondary N) is 4. The van der Waals surface area contributed by atoms with Crippen molar-refractivity contribution in [2.45, 2.75) is 131 Å². The maximum Gasteiger partial charge on any atom is 0.320 e. The molecular weight excluding hydrogens is 1160 g/mol. The molecule has 0 radical (unpaired) electrons. The van der Waals surface area contributed by atoms with Crippen molar-refractivity contribution in [3.8, 4) is 0 Å². The van der Waals surface area contributed by atoms with Gasteiger partial charge in [-0.05, 0) is 64.7 Å². The number of hydrogen-bond acceptors (Lipinski definition) is 21. The van der Waals surface area contributed by atoms with Crippen molar-refractivity contribution in [2.24, 2.45) is 10.8 Å². The summed E-state index contributed by atoms with van der Waals surface area (Å²) in [7, 11) is 0. The predicted molar refractivity (Wildman–Crippen MR) is 332 cm³/mol. The maximum absolute atomic E-state index is 12.9. The van der Waals surface area contributed by atoms with Crippen LogP contribution < -0.4 is 21.3 Å². The first-order valence-corrected chi connectivity index (χ1v) is 31.1. The fourth-order valence-corrected chi connectivity index (χ4v) is 7.83. The van der Waals surface area contributed by atoms with Crippen LogP contribution in [0.25, 0.3) is 0 Å². The summed E-state index contributed by atoms with van der Waals surface area (Å²) in [6.07, 6.45) is 1.48. The van der Waals surface area contributed by atoms with Gasteiger partial charge in [-0.1, -0.05) is 53.7 Å². The van der Waals surface area contributed by atoms with Crippen molar-refractivity contribution in [3.05, 3.63) is 35.4 Å². The molecule has 26 nitrogen and oxygen atoms in total. The van der Waals surface area contributed by atoms with Crippen LogP contribution in [0.1, 0.15) is 124 Å². The van der Waals surface area contributed by atoms with E-state index < -0.39 is 34.5 Å². The first-order chi connectivity index (χ1) is 42.2. The minimum absolute atomic E-state index is 0.0102. The van der Waals surface area contributed by atoms with E-state index in [0.717, 1.165) is 5.56 Å². The first kappa shape index (κ1) is 82.4. The van der Waals surface area contributed by atoms with Crippen LogP contribution in [0.15, 0.2) is 24.3 Å². The van der Waals surface area contributed by atoms with Gasteiger partial charge < -0.3 is 83.0 Å².